The van der Waals surface area contributed by atoms with Gasteiger partial charge in [0.25, 0.3) is 0 Å². The third-order valence-electron chi connectivity index (χ3n) is 1.61. The summed E-state index contributed by atoms with van der Waals surface area (Å²) in [6.45, 7) is 0.453. The van der Waals surface area contributed by atoms with Gasteiger partial charge in [-0.05, 0) is 23.8 Å². The Morgan fingerprint density at radius 2 is 2.00 bits per heavy atom. The van der Waals surface area contributed by atoms with Crippen molar-refractivity contribution in [3.63, 3.8) is 0 Å². The first kappa shape index (κ1) is 10.2. The van der Waals surface area contributed by atoms with E-state index < -0.39 is 0 Å². The van der Waals surface area contributed by atoms with Crippen molar-refractivity contribution in [2.45, 2.75) is 6.04 Å². The summed E-state index contributed by atoms with van der Waals surface area (Å²) in [5.74, 6) is 0. The van der Waals surface area contributed by atoms with Gasteiger partial charge in [0.05, 0.1) is 0 Å². The van der Waals surface area contributed by atoms with Gasteiger partial charge in [-0.3, -0.25) is 0 Å². The molecule has 0 radical (unpaired) electrons. The smallest absolute Gasteiger partial charge is 0.0431 e. The molecule has 12 heavy (non-hydrogen) atoms. The van der Waals surface area contributed by atoms with E-state index in [4.69, 9.17) is 11.5 Å². The van der Waals surface area contributed by atoms with Crippen molar-refractivity contribution in [1.29, 1.82) is 0 Å². The van der Waals surface area contributed by atoms with Crippen molar-refractivity contribution in [3.8, 4) is 0 Å². The summed E-state index contributed by atoms with van der Waals surface area (Å²) in [5, 5.41) is 0. The number of rotatable bonds is 2. The second kappa shape index (κ2) is 4.37. The quantitative estimate of drug-likeness (QED) is 0.878. The molecule has 1 atom stereocenters. The van der Waals surface area contributed by atoms with E-state index in [0.717, 1.165) is 14.5 Å². The first-order valence-electron chi connectivity index (χ1n) is 3.55. The average molecular weight is 294 g/mol. The Morgan fingerprint density at radius 3 is 2.58 bits per heavy atom. The lowest BCUT2D eigenvalue weighted by Gasteiger charge is -2.11. The van der Waals surface area contributed by atoms with E-state index >= 15 is 0 Å². The van der Waals surface area contributed by atoms with Gasteiger partial charge in [-0.25, -0.2) is 0 Å². The van der Waals surface area contributed by atoms with E-state index in [9.17, 15) is 0 Å². The van der Waals surface area contributed by atoms with Crippen LogP contribution < -0.4 is 11.5 Å². The lowest BCUT2D eigenvalue weighted by atomic mass is 10.1. The maximum Gasteiger partial charge on any atom is 0.0431 e. The maximum absolute atomic E-state index is 5.79. The predicted molar refractivity (Wildman–Crippen MR) is 57.8 cm³/mol. The molecular formula is C8H10Br2N2. The fourth-order valence-corrected chi connectivity index (χ4v) is 1.85. The van der Waals surface area contributed by atoms with Crippen LogP contribution in [0.3, 0.4) is 0 Å². The molecular weight excluding hydrogens is 284 g/mol. The van der Waals surface area contributed by atoms with Crippen LogP contribution in [0.1, 0.15) is 11.6 Å². The second-order valence-electron chi connectivity index (χ2n) is 2.51. The Morgan fingerprint density at radius 1 is 1.33 bits per heavy atom. The van der Waals surface area contributed by atoms with Gasteiger partial charge < -0.3 is 11.5 Å². The standard InChI is InChI=1S/C8H10Br2N2/c9-5-1-2-7(10)6(3-5)8(12)4-11/h1-3,8H,4,11-12H2/t8-/m0/s1. The summed E-state index contributed by atoms with van der Waals surface area (Å²) in [6, 6.07) is 5.78. The van der Waals surface area contributed by atoms with Gasteiger partial charge in [-0.2, -0.15) is 0 Å². The van der Waals surface area contributed by atoms with Crippen LogP contribution in [0.5, 0.6) is 0 Å². The fourth-order valence-electron chi connectivity index (χ4n) is 0.926. The predicted octanol–water partition coefficient (Wildman–Crippen LogP) is 2.17. The molecule has 2 nitrogen and oxygen atoms in total. The highest BCUT2D eigenvalue weighted by Gasteiger charge is 2.07. The molecule has 0 aliphatic carbocycles. The molecule has 0 heterocycles. The van der Waals surface area contributed by atoms with E-state index in [1.807, 2.05) is 18.2 Å². The fraction of sp³-hybridized carbons (Fsp3) is 0.250. The van der Waals surface area contributed by atoms with Gasteiger partial charge in [0.1, 0.15) is 0 Å². The third kappa shape index (κ3) is 2.29. The van der Waals surface area contributed by atoms with Gasteiger partial charge in [0.2, 0.25) is 0 Å². The van der Waals surface area contributed by atoms with Crippen molar-refractivity contribution in [2.24, 2.45) is 11.5 Å². The molecule has 0 amide bonds. The van der Waals surface area contributed by atoms with E-state index in [2.05, 4.69) is 31.9 Å². The molecule has 0 saturated heterocycles. The summed E-state index contributed by atoms with van der Waals surface area (Å²) >= 11 is 6.79. The van der Waals surface area contributed by atoms with Crippen LogP contribution in [0.2, 0.25) is 0 Å². The number of benzene rings is 1. The van der Waals surface area contributed by atoms with Gasteiger partial charge in [-0.1, -0.05) is 31.9 Å². The molecule has 1 aromatic carbocycles. The average Bonchev–Trinajstić information content (AvgIpc) is 2.08. The zero-order chi connectivity index (χ0) is 9.14. The SMILES string of the molecule is NC[C@H](N)c1cc(Br)ccc1Br. The molecule has 1 rings (SSSR count). The molecule has 0 saturated carbocycles. The minimum Gasteiger partial charge on any atom is -0.329 e. The lowest BCUT2D eigenvalue weighted by Crippen LogP contribution is -2.21. The maximum atomic E-state index is 5.79. The van der Waals surface area contributed by atoms with Crippen LogP contribution in [-0.4, -0.2) is 6.54 Å². The third-order valence-corrected chi connectivity index (χ3v) is 2.83. The molecule has 0 fully saturated rings. The van der Waals surface area contributed by atoms with Gasteiger partial charge in [0, 0.05) is 21.5 Å². The molecule has 66 valence electrons. The topological polar surface area (TPSA) is 52.0 Å². The van der Waals surface area contributed by atoms with Crippen molar-refractivity contribution < 1.29 is 0 Å². The van der Waals surface area contributed by atoms with Crippen LogP contribution in [-0.2, 0) is 0 Å². The van der Waals surface area contributed by atoms with Gasteiger partial charge in [0.15, 0.2) is 0 Å². The molecule has 1 aromatic rings. The first-order valence-corrected chi connectivity index (χ1v) is 5.14. The van der Waals surface area contributed by atoms with Crippen LogP contribution in [0.15, 0.2) is 27.1 Å². The summed E-state index contributed by atoms with van der Waals surface area (Å²) < 4.78 is 2.02. The normalized spacial score (nSPS) is 13.0. The zero-order valence-corrected chi connectivity index (χ0v) is 9.60. The van der Waals surface area contributed by atoms with Crippen molar-refractivity contribution >= 4 is 31.9 Å². The summed E-state index contributed by atoms with van der Waals surface area (Å²) in [7, 11) is 0. The largest absolute Gasteiger partial charge is 0.329 e. The highest BCUT2D eigenvalue weighted by Crippen LogP contribution is 2.25. The molecule has 0 aliphatic heterocycles. The monoisotopic (exact) mass is 292 g/mol. The summed E-state index contributed by atoms with van der Waals surface area (Å²) in [4.78, 5) is 0. The minimum absolute atomic E-state index is 0.100. The number of hydrogen-bond acceptors (Lipinski definition) is 2. The lowest BCUT2D eigenvalue weighted by molar-refractivity contribution is 0.733. The zero-order valence-electron chi connectivity index (χ0n) is 6.43. The molecule has 4 heteroatoms. The molecule has 4 N–H and O–H groups in total. The number of nitrogens with two attached hydrogens (primary N) is 2. The van der Waals surface area contributed by atoms with Crippen LogP contribution in [0.4, 0.5) is 0 Å². The molecule has 0 aliphatic rings. The van der Waals surface area contributed by atoms with Crippen molar-refractivity contribution in [1.82, 2.24) is 0 Å². The number of hydrogen-bond donors (Lipinski definition) is 2. The van der Waals surface area contributed by atoms with Crippen molar-refractivity contribution in [3.05, 3.63) is 32.7 Å². The van der Waals surface area contributed by atoms with Gasteiger partial charge >= 0.3 is 0 Å². The Labute approximate surface area is 88.6 Å². The first-order chi connectivity index (χ1) is 5.65. The summed E-state index contributed by atoms with van der Waals surface area (Å²) in [6.07, 6.45) is 0. The Kier molecular flexibility index (Phi) is 3.71. The Hall–Kier alpha value is 0.1000. The Balaban J connectivity index is 3.04. The van der Waals surface area contributed by atoms with E-state index in [1.165, 1.54) is 0 Å². The summed E-state index contributed by atoms with van der Waals surface area (Å²) in [5.41, 5.74) is 12.3. The van der Waals surface area contributed by atoms with Gasteiger partial charge in [-0.15, -0.1) is 0 Å². The highest BCUT2D eigenvalue weighted by molar-refractivity contribution is 9.11. The second-order valence-corrected chi connectivity index (χ2v) is 4.28. The van der Waals surface area contributed by atoms with Crippen LogP contribution >= 0.6 is 31.9 Å². The minimum atomic E-state index is -0.100. The molecule has 0 aromatic heterocycles. The molecule has 0 unspecified atom stereocenters. The van der Waals surface area contributed by atoms with Crippen LogP contribution in [0.25, 0.3) is 0 Å². The van der Waals surface area contributed by atoms with Crippen molar-refractivity contribution in [2.75, 3.05) is 6.54 Å². The number of halogens is 2. The van der Waals surface area contributed by atoms with E-state index in [1.54, 1.807) is 0 Å². The highest BCUT2D eigenvalue weighted by atomic mass is 79.9. The van der Waals surface area contributed by atoms with E-state index in [-0.39, 0.29) is 6.04 Å². The molecule has 0 bridgehead atoms. The molecule has 0 spiro atoms. The van der Waals surface area contributed by atoms with Crippen LogP contribution in [0, 0.1) is 0 Å². The van der Waals surface area contributed by atoms with E-state index in [0.29, 0.717) is 6.54 Å². The Bertz CT molecular complexity index is 276.